The van der Waals surface area contributed by atoms with E-state index < -0.39 is 9.84 Å². The van der Waals surface area contributed by atoms with Gasteiger partial charge in [-0.3, -0.25) is 4.79 Å². The van der Waals surface area contributed by atoms with E-state index in [4.69, 9.17) is 0 Å². The van der Waals surface area contributed by atoms with Gasteiger partial charge in [0.25, 0.3) is 0 Å². The molecule has 1 amide bonds. The highest BCUT2D eigenvalue weighted by atomic mass is 32.2. The molecule has 0 radical (unpaired) electrons. The van der Waals surface area contributed by atoms with E-state index >= 15 is 0 Å². The molecule has 0 atom stereocenters. The first-order valence-corrected chi connectivity index (χ1v) is 7.39. The second-order valence-corrected chi connectivity index (χ2v) is 6.44. The number of hydrogen-bond acceptors (Lipinski definition) is 4. The van der Waals surface area contributed by atoms with E-state index in [-0.39, 0.29) is 29.6 Å². The van der Waals surface area contributed by atoms with Crippen molar-refractivity contribution in [1.82, 2.24) is 5.32 Å². The number of likely N-dealkylation sites (N-methyl/N-ethyl adjacent to an activating group) is 1. The summed E-state index contributed by atoms with van der Waals surface area (Å²) < 4.78 is 23.9. The number of nitrogens with zero attached hydrogens (tertiary/aromatic N) is 1. The average molecular weight is 268 g/mol. The summed E-state index contributed by atoms with van der Waals surface area (Å²) in [6.45, 7) is 2.30. The van der Waals surface area contributed by atoms with Crippen molar-refractivity contribution in [1.29, 1.82) is 0 Å². The summed E-state index contributed by atoms with van der Waals surface area (Å²) in [5.74, 6) is -0.127. The molecule has 0 saturated heterocycles. The van der Waals surface area contributed by atoms with E-state index in [1.165, 1.54) is 0 Å². The molecule has 1 aromatic carbocycles. The van der Waals surface area contributed by atoms with Gasteiger partial charge >= 0.3 is 0 Å². The van der Waals surface area contributed by atoms with Gasteiger partial charge < -0.3 is 10.2 Å². The smallest absolute Gasteiger partial charge is 0.240 e. The van der Waals surface area contributed by atoms with Crippen molar-refractivity contribution in [3.8, 4) is 0 Å². The molecule has 0 fully saturated rings. The van der Waals surface area contributed by atoms with Crippen LogP contribution in [0, 0.1) is 6.92 Å². The van der Waals surface area contributed by atoms with E-state index in [1.807, 2.05) is 6.92 Å². The van der Waals surface area contributed by atoms with E-state index in [9.17, 15) is 13.2 Å². The van der Waals surface area contributed by atoms with Crippen LogP contribution < -0.4 is 10.2 Å². The normalized spacial score (nSPS) is 17.3. The molecule has 0 aromatic heterocycles. The van der Waals surface area contributed by atoms with Crippen molar-refractivity contribution in [2.75, 3.05) is 30.8 Å². The summed E-state index contributed by atoms with van der Waals surface area (Å²) in [6.07, 6.45) is 0. The maximum absolute atomic E-state index is 12.0. The van der Waals surface area contributed by atoms with Gasteiger partial charge in [0.15, 0.2) is 9.84 Å². The minimum atomic E-state index is -3.25. The molecule has 0 bridgehead atoms. The minimum absolute atomic E-state index is 0.0154. The van der Waals surface area contributed by atoms with Crippen molar-refractivity contribution >= 4 is 21.4 Å². The maximum Gasteiger partial charge on any atom is 0.240 e. The van der Waals surface area contributed by atoms with Gasteiger partial charge in [0, 0.05) is 6.54 Å². The summed E-state index contributed by atoms with van der Waals surface area (Å²) in [5.41, 5.74) is 1.44. The molecule has 2 rings (SSSR count). The Balaban J connectivity index is 2.51. The largest absolute Gasteiger partial charge is 0.311 e. The highest BCUT2D eigenvalue weighted by molar-refractivity contribution is 7.91. The second-order valence-electron chi connectivity index (χ2n) is 4.37. The maximum atomic E-state index is 12.0. The van der Waals surface area contributed by atoms with Crippen LogP contribution in [0.15, 0.2) is 23.1 Å². The highest BCUT2D eigenvalue weighted by Crippen LogP contribution is 2.31. The van der Waals surface area contributed by atoms with E-state index in [1.54, 1.807) is 30.1 Å². The lowest BCUT2D eigenvalue weighted by Crippen LogP contribution is -2.43. The number of amides is 1. The molecule has 5 nitrogen and oxygen atoms in total. The number of sulfone groups is 1. The van der Waals surface area contributed by atoms with Gasteiger partial charge in [-0.15, -0.1) is 0 Å². The quantitative estimate of drug-likeness (QED) is 0.839. The van der Waals surface area contributed by atoms with Crippen molar-refractivity contribution < 1.29 is 13.2 Å². The molecule has 1 aliphatic rings. The van der Waals surface area contributed by atoms with Crippen LogP contribution in [0.2, 0.25) is 0 Å². The van der Waals surface area contributed by atoms with Crippen LogP contribution in [0.3, 0.4) is 0 Å². The van der Waals surface area contributed by atoms with Crippen LogP contribution >= 0.6 is 0 Å². The second kappa shape index (κ2) is 4.70. The predicted octanol–water partition coefficient (Wildman–Crippen LogP) is 0.335. The van der Waals surface area contributed by atoms with Crippen molar-refractivity contribution in [3.05, 3.63) is 23.8 Å². The molecule has 0 saturated carbocycles. The van der Waals surface area contributed by atoms with Gasteiger partial charge in [-0.2, -0.15) is 0 Å². The monoisotopic (exact) mass is 268 g/mol. The first-order valence-electron chi connectivity index (χ1n) is 5.74. The first-order chi connectivity index (χ1) is 8.45. The fraction of sp³-hybridized carbons (Fsp3) is 0.417. The first kappa shape index (κ1) is 13.0. The molecule has 6 heteroatoms. The Kier molecular flexibility index (Phi) is 3.41. The molecule has 0 aliphatic carbocycles. The number of carbonyl (C=O) groups is 1. The van der Waals surface area contributed by atoms with Gasteiger partial charge in [0.2, 0.25) is 5.91 Å². The molecular formula is C12H16N2O3S. The third kappa shape index (κ3) is 2.26. The Morgan fingerprint density at radius 1 is 1.44 bits per heavy atom. The number of rotatable bonds is 2. The number of anilines is 1. The molecular weight excluding hydrogens is 252 g/mol. The summed E-state index contributed by atoms with van der Waals surface area (Å²) in [6, 6.07) is 5.08. The van der Waals surface area contributed by atoms with Gasteiger partial charge in [-0.25, -0.2) is 8.42 Å². The lowest BCUT2D eigenvalue weighted by Gasteiger charge is -2.29. The topological polar surface area (TPSA) is 66.5 Å². The van der Waals surface area contributed by atoms with Crippen molar-refractivity contribution in [2.24, 2.45) is 0 Å². The Bertz CT molecular complexity index is 581. The van der Waals surface area contributed by atoms with Crippen LogP contribution in [0.1, 0.15) is 5.56 Å². The van der Waals surface area contributed by atoms with E-state index in [0.29, 0.717) is 5.69 Å². The molecule has 1 N–H and O–H groups in total. The summed E-state index contributed by atoms with van der Waals surface area (Å²) in [4.78, 5) is 13.7. The Labute approximate surface area is 107 Å². The lowest BCUT2D eigenvalue weighted by atomic mass is 10.2. The van der Waals surface area contributed by atoms with Gasteiger partial charge in [-0.1, -0.05) is 6.07 Å². The van der Waals surface area contributed by atoms with Gasteiger partial charge in [0.1, 0.15) is 0 Å². The van der Waals surface area contributed by atoms with Crippen LogP contribution in [-0.2, 0) is 14.6 Å². The highest BCUT2D eigenvalue weighted by Gasteiger charge is 2.31. The van der Waals surface area contributed by atoms with E-state index in [0.717, 1.165) is 5.56 Å². The molecule has 98 valence electrons. The number of hydrogen-bond donors (Lipinski definition) is 1. The summed E-state index contributed by atoms with van der Waals surface area (Å²) in [7, 11) is -1.56. The number of aryl methyl sites for hydroxylation is 1. The minimum Gasteiger partial charge on any atom is -0.311 e. The van der Waals surface area contributed by atoms with Crippen LogP contribution in [0.25, 0.3) is 0 Å². The molecule has 0 spiro atoms. The Morgan fingerprint density at radius 2 is 2.17 bits per heavy atom. The number of carbonyl (C=O) groups excluding carboxylic acids is 1. The van der Waals surface area contributed by atoms with Crippen LogP contribution in [-0.4, -0.2) is 40.2 Å². The number of fused-ring (bicyclic) bond motifs is 1. The van der Waals surface area contributed by atoms with Gasteiger partial charge in [-0.05, 0) is 31.7 Å². The summed E-state index contributed by atoms with van der Waals surface area (Å²) >= 11 is 0. The average Bonchev–Trinajstić information content (AvgIpc) is 2.28. The zero-order valence-electron chi connectivity index (χ0n) is 10.4. The molecule has 0 unspecified atom stereocenters. The van der Waals surface area contributed by atoms with Crippen molar-refractivity contribution in [2.45, 2.75) is 11.8 Å². The third-order valence-corrected chi connectivity index (χ3v) is 4.69. The molecule has 18 heavy (non-hydrogen) atoms. The van der Waals surface area contributed by atoms with Crippen molar-refractivity contribution in [3.63, 3.8) is 0 Å². The third-order valence-electron chi connectivity index (χ3n) is 2.95. The Morgan fingerprint density at radius 3 is 2.83 bits per heavy atom. The number of nitrogens with one attached hydrogen (secondary N) is 1. The Hall–Kier alpha value is -1.40. The molecule has 1 heterocycles. The molecule has 1 aliphatic heterocycles. The zero-order chi connectivity index (χ0) is 13.3. The lowest BCUT2D eigenvalue weighted by molar-refractivity contribution is -0.117. The SMILES string of the molecule is CNCC(=O)N1CCS(=O)(=O)c2ccc(C)cc21. The van der Waals surface area contributed by atoms with Crippen LogP contribution in [0.4, 0.5) is 5.69 Å². The zero-order valence-corrected chi connectivity index (χ0v) is 11.3. The van der Waals surface area contributed by atoms with Crippen LogP contribution in [0.5, 0.6) is 0 Å². The predicted molar refractivity (Wildman–Crippen MR) is 69.5 cm³/mol. The number of benzene rings is 1. The van der Waals surface area contributed by atoms with Gasteiger partial charge in [0.05, 0.1) is 22.9 Å². The van der Waals surface area contributed by atoms with E-state index in [2.05, 4.69) is 5.32 Å². The summed E-state index contributed by atoms with van der Waals surface area (Å²) in [5, 5.41) is 2.79. The standard InChI is InChI=1S/C12H16N2O3S/c1-9-3-4-11-10(7-9)14(12(15)8-13-2)5-6-18(11,16)17/h3-4,7,13H,5-6,8H2,1-2H3. The fourth-order valence-electron chi connectivity index (χ4n) is 2.05. The fourth-order valence-corrected chi connectivity index (χ4v) is 3.45. The molecule has 1 aromatic rings.